The number of hydrogen-bond acceptors (Lipinski definition) is 4. The van der Waals surface area contributed by atoms with Crippen molar-refractivity contribution in [3.8, 4) is 0 Å². The number of carbonyl (C=O) groups is 2. The summed E-state index contributed by atoms with van der Waals surface area (Å²) in [5.74, 6) is -1.21. The molecule has 101 valence electrons. The molecule has 0 saturated carbocycles. The van der Waals surface area contributed by atoms with E-state index in [1.54, 1.807) is 0 Å². The van der Waals surface area contributed by atoms with Crippen molar-refractivity contribution >= 4 is 44.0 Å². The molecular weight excluding hydrogens is 414 g/mol. The summed E-state index contributed by atoms with van der Waals surface area (Å²) in [7, 11) is 2.45. The predicted octanol–water partition coefficient (Wildman–Crippen LogP) is 0.585. The molecule has 0 aromatic heterocycles. The van der Waals surface area contributed by atoms with Crippen molar-refractivity contribution in [2.45, 2.75) is 6.92 Å². The number of rotatable bonds is 2. The van der Waals surface area contributed by atoms with Gasteiger partial charge >= 0.3 is 86.2 Å². The standard InChI is InChI=1S/C6H6O4Se2.C6H7.Ti/c1-9-5(7)3(11)4(12)6(8)10-2;1-6-4-2-3-5-6;/h1-2H3;2-5H,1H3;/b4-3-;;. The Morgan fingerprint density at radius 2 is 1.47 bits per heavy atom. The number of hydrogen-bond donors (Lipinski definition) is 0. The molecule has 0 spiro atoms. The van der Waals surface area contributed by atoms with Crippen LogP contribution in [0.25, 0.3) is 0 Å². The molecule has 1 aliphatic carbocycles. The van der Waals surface area contributed by atoms with E-state index < -0.39 is 11.9 Å². The monoisotopic (exact) mass is 429 g/mol. The van der Waals surface area contributed by atoms with Gasteiger partial charge in [0.05, 0.1) is 0 Å². The number of allylic oxidation sites excluding steroid dienone is 4. The van der Waals surface area contributed by atoms with Crippen molar-refractivity contribution in [1.29, 1.82) is 0 Å². The van der Waals surface area contributed by atoms with Gasteiger partial charge in [-0.2, -0.15) is 0 Å². The molecule has 0 bridgehead atoms. The molecule has 0 aromatic carbocycles. The molecule has 3 radical (unpaired) electrons. The fourth-order valence-corrected chi connectivity index (χ4v) is 1.54. The smallest absolute Gasteiger partial charge is 0 e. The SMILES string of the molecule is CC1=C[CH]C=C1.COC(=O)/C([Se])=C(/[Se])C(=O)OC.[Ti]. The van der Waals surface area contributed by atoms with E-state index in [4.69, 9.17) is 0 Å². The second-order valence-electron chi connectivity index (χ2n) is 3.10. The average Bonchev–Trinajstić information content (AvgIpc) is 2.86. The second kappa shape index (κ2) is 11.7. The van der Waals surface area contributed by atoms with E-state index in [2.05, 4.69) is 60.6 Å². The van der Waals surface area contributed by atoms with Gasteiger partial charge in [-0.1, -0.05) is 23.8 Å². The molecule has 0 heterocycles. The molecule has 1 rings (SSSR count). The van der Waals surface area contributed by atoms with Crippen molar-refractivity contribution in [1.82, 2.24) is 0 Å². The van der Waals surface area contributed by atoms with Gasteiger partial charge in [0.2, 0.25) is 0 Å². The Hall–Kier alpha value is -0.0868. The van der Waals surface area contributed by atoms with Crippen LogP contribution in [0.1, 0.15) is 6.92 Å². The third-order valence-corrected chi connectivity index (χ3v) is 3.99. The van der Waals surface area contributed by atoms with E-state index in [0.717, 1.165) is 0 Å². The summed E-state index contributed by atoms with van der Waals surface area (Å²) in [6.07, 6.45) is 8.24. The molecule has 0 amide bonds. The summed E-state index contributed by atoms with van der Waals surface area (Å²) in [4.78, 5) is 21.7. The zero-order chi connectivity index (χ0) is 14.1. The van der Waals surface area contributed by atoms with Gasteiger partial charge in [0.1, 0.15) is 0 Å². The number of esters is 2. The van der Waals surface area contributed by atoms with Crippen LogP contribution >= 0.6 is 0 Å². The second-order valence-corrected chi connectivity index (χ2v) is 4.82. The maximum atomic E-state index is 10.8. The number of methoxy groups -OCH3 is 2. The van der Waals surface area contributed by atoms with Crippen LogP contribution < -0.4 is 0 Å². The van der Waals surface area contributed by atoms with E-state index in [9.17, 15) is 9.59 Å². The Morgan fingerprint density at radius 3 is 1.63 bits per heavy atom. The van der Waals surface area contributed by atoms with E-state index in [1.165, 1.54) is 19.8 Å². The van der Waals surface area contributed by atoms with Crippen LogP contribution in [0.2, 0.25) is 0 Å². The summed E-state index contributed by atoms with van der Waals surface area (Å²) in [6, 6.07) is 0. The molecule has 0 aromatic rings. The van der Waals surface area contributed by atoms with Gasteiger partial charge in [-0.3, -0.25) is 0 Å². The molecule has 7 heteroatoms. The first-order valence-corrected chi connectivity index (χ1v) is 6.58. The average molecular weight is 427 g/mol. The topological polar surface area (TPSA) is 52.6 Å². The molecular formula is C12H13O4Se2Ti. The molecule has 0 saturated heterocycles. The third kappa shape index (κ3) is 8.64. The van der Waals surface area contributed by atoms with Crippen LogP contribution in [0, 0.1) is 6.42 Å². The van der Waals surface area contributed by atoms with Crippen LogP contribution in [0.5, 0.6) is 0 Å². The van der Waals surface area contributed by atoms with Gasteiger partial charge in [-0.05, 0) is 6.92 Å². The Balaban J connectivity index is 0. The van der Waals surface area contributed by atoms with Crippen LogP contribution in [-0.2, 0) is 40.8 Å². The predicted molar refractivity (Wildman–Crippen MR) is 69.8 cm³/mol. The molecule has 19 heavy (non-hydrogen) atoms. The molecule has 4 nitrogen and oxygen atoms in total. The van der Waals surface area contributed by atoms with Gasteiger partial charge in [-0.25, -0.2) is 0 Å². The first kappa shape index (κ1) is 21.2. The zero-order valence-corrected chi connectivity index (χ0v) is 15.7. The summed E-state index contributed by atoms with van der Waals surface area (Å²) in [5, 5.41) is 0. The summed E-state index contributed by atoms with van der Waals surface area (Å²) in [6.45, 7) is 2.08. The maximum absolute atomic E-state index is 10.8. The normalized spacial score (nSPS) is 13.1. The fourth-order valence-electron chi connectivity index (χ4n) is 0.841. The molecule has 1 aliphatic rings. The largest absolute Gasteiger partial charge is 0 e. The third-order valence-electron chi connectivity index (χ3n) is 1.78. The molecule has 0 aliphatic heterocycles. The van der Waals surface area contributed by atoms with E-state index >= 15 is 0 Å². The molecule has 0 atom stereocenters. The Labute approximate surface area is 144 Å². The minimum Gasteiger partial charge on any atom is 0 e. The maximum Gasteiger partial charge on any atom is 0 e. The van der Waals surface area contributed by atoms with Crippen molar-refractivity contribution < 1.29 is 40.8 Å². The van der Waals surface area contributed by atoms with Crippen LogP contribution in [0.15, 0.2) is 32.7 Å². The Morgan fingerprint density at radius 1 is 1.05 bits per heavy atom. The van der Waals surface area contributed by atoms with Crippen molar-refractivity contribution in [2.75, 3.05) is 14.2 Å². The van der Waals surface area contributed by atoms with Crippen LogP contribution in [-0.4, -0.2) is 58.2 Å². The van der Waals surface area contributed by atoms with Crippen molar-refractivity contribution in [3.63, 3.8) is 0 Å². The molecule has 0 unspecified atom stereocenters. The summed E-state index contributed by atoms with van der Waals surface area (Å²) in [5.41, 5.74) is 1.34. The van der Waals surface area contributed by atoms with Gasteiger partial charge in [0.25, 0.3) is 0 Å². The van der Waals surface area contributed by atoms with E-state index in [1.807, 2.05) is 12.5 Å². The minimum absolute atomic E-state index is 0. The fraction of sp³-hybridized carbons (Fsp3) is 0.250. The van der Waals surface area contributed by atoms with Gasteiger partial charge in [0.15, 0.2) is 0 Å². The quantitative estimate of drug-likeness (QED) is 0.368. The van der Waals surface area contributed by atoms with Gasteiger partial charge in [-0.15, -0.1) is 0 Å². The number of carbonyl (C=O) groups excluding carboxylic acids is 2. The zero-order valence-electron chi connectivity index (χ0n) is 10.8. The summed E-state index contributed by atoms with van der Waals surface area (Å²) >= 11 is 4.83. The van der Waals surface area contributed by atoms with Crippen LogP contribution in [0.4, 0.5) is 0 Å². The molecule has 0 fully saturated rings. The Kier molecular flexibility index (Phi) is 13.1. The Bertz CT molecular complexity index is 387. The molecule has 0 N–H and O–H groups in total. The van der Waals surface area contributed by atoms with Crippen LogP contribution in [0.3, 0.4) is 0 Å². The van der Waals surface area contributed by atoms with Gasteiger partial charge < -0.3 is 0 Å². The number of ether oxygens (including phenoxy) is 2. The van der Waals surface area contributed by atoms with E-state index in [0.29, 0.717) is 0 Å². The van der Waals surface area contributed by atoms with Crippen molar-refractivity contribution in [3.05, 3.63) is 39.2 Å². The first-order chi connectivity index (χ1) is 8.43. The van der Waals surface area contributed by atoms with E-state index in [-0.39, 0.29) is 30.7 Å². The first-order valence-electron chi connectivity index (χ1n) is 4.87. The van der Waals surface area contributed by atoms with Gasteiger partial charge in [0, 0.05) is 28.1 Å². The van der Waals surface area contributed by atoms with Crippen molar-refractivity contribution in [2.24, 2.45) is 0 Å². The minimum atomic E-state index is -0.603. The summed E-state index contributed by atoms with van der Waals surface area (Å²) < 4.78 is 8.92.